The van der Waals surface area contributed by atoms with Crippen LogP contribution in [0, 0.1) is 0 Å². The van der Waals surface area contributed by atoms with Crippen molar-refractivity contribution in [1.82, 2.24) is 13.7 Å². The van der Waals surface area contributed by atoms with E-state index in [0.29, 0.717) is 0 Å². The third kappa shape index (κ3) is 4.79. The van der Waals surface area contributed by atoms with Gasteiger partial charge in [0, 0.05) is 48.9 Å². The fourth-order valence-electron chi connectivity index (χ4n) is 8.75. The molecule has 0 saturated carbocycles. The Hall–Kier alpha value is -5.67. The van der Waals surface area contributed by atoms with E-state index in [4.69, 9.17) is 28.6 Å². The maximum absolute atomic E-state index is 7.09. The van der Waals surface area contributed by atoms with Crippen molar-refractivity contribution < 1.29 is 0 Å². The molecule has 3 nitrogen and oxygen atoms in total. The van der Waals surface area contributed by atoms with Crippen LogP contribution in [0.5, 0.6) is 0 Å². The molecule has 8 aromatic carbocycles. The van der Waals surface area contributed by atoms with Gasteiger partial charge in [-0.25, -0.2) is 4.98 Å². The molecule has 0 saturated heterocycles. The Morgan fingerprint density at radius 3 is 1.50 bits per heavy atom. The molecule has 0 aliphatic heterocycles. The SMILES string of the molecule is S=P(c1ccccc1)(c1ccccc1)c1cccc2c1c1ccccc1n1c3ccc(P(=S)(c4ccccc4)n4c5ccccc5c5ccccc54)cc3nc21. The van der Waals surface area contributed by atoms with Crippen LogP contribution in [0.3, 0.4) is 0 Å². The Morgan fingerprint density at radius 2 is 0.893 bits per heavy atom. The number of hydrogen-bond acceptors (Lipinski definition) is 3. The van der Waals surface area contributed by atoms with Crippen molar-refractivity contribution in [1.29, 1.82) is 0 Å². The molecule has 0 aliphatic carbocycles. The topological polar surface area (TPSA) is 22.2 Å². The molecule has 0 radical (unpaired) electrons. The van der Waals surface area contributed by atoms with E-state index >= 15 is 0 Å². The average Bonchev–Trinajstić information content (AvgIpc) is 3.83. The van der Waals surface area contributed by atoms with Crippen molar-refractivity contribution in [3.05, 3.63) is 200 Å². The minimum atomic E-state index is -2.67. The number of imidazole rings is 1. The molecule has 3 heterocycles. The highest BCUT2D eigenvalue weighted by atomic mass is 32.4. The third-order valence-electron chi connectivity index (χ3n) is 11.2. The second kappa shape index (κ2) is 12.9. The van der Waals surface area contributed by atoms with Gasteiger partial charge in [0.05, 0.1) is 33.8 Å². The summed E-state index contributed by atoms with van der Waals surface area (Å²) in [6, 6.07) is 69.0. The maximum Gasteiger partial charge on any atom is 0.146 e. The molecule has 0 aliphatic rings. The van der Waals surface area contributed by atoms with Crippen LogP contribution in [0.2, 0.25) is 0 Å². The van der Waals surface area contributed by atoms with E-state index in [1.807, 2.05) is 0 Å². The largest absolute Gasteiger partial charge is 0.304 e. The van der Waals surface area contributed by atoms with Gasteiger partial charge in [-0.15, -0.1) is 0 Å². The molecular weight excluding hydrogens is 757 g/mol. The van der Waals surface area contributed by atoms with Crippen molar-refractivity contribution in [2.45, 2.75) is 0 Å². The van der Waals surface area contributed by atoms with Gasteiger partial charge < -0.3 is 4.34 Å². The molecule has 266 valence electrons. The van der Waals surface area contributed by atoms with Gasteiger partial charge in [0.15, 0.2) is 0 Å². The van der Waals surface area contributed by atoms with Crippen LogP contribution >= 0.6 is 12.2 Å². The fraction of sp³-hybridized carbons (Fsp3) is 0. The molecule has 0 fully saturated rings. The lowest BCUT2D eigenvalue weighted by Gasteiger charge is -2.27. The number of fused-ring (bicyclic) bond motifs is 11. The predicted molar refractivity (Wildman–Crippen MR) is 249 cm³/mol. The van der Waals surface area contributed by atoms with E-state index in [1.165, 1.54) is 32.1 Å². The Labute approximate surface area is 334 Å². The van der Waals surface area contributed by atoms with Crippen LogP contribution in [0.25, 0.3) is 60.2 Å². The highest BCUT2D eigenvalue weighted by Crippen LogP contribution is 2.52. The second-order valence-corrected chi connectivity index (χ2v) is 22.7. The number of benzene rings is 8. The van der Waals surface area contributed by atoms with Crippen molar-refractivity contribution in [3.63, 3.8) is 0 Å². The summed E-state index contributed by atoms with van der Waals surface area (Å²) in [5.41, 5.74) is 6.28. The van der Waals surface area contributed by atoms with Gasteiger partial charge in [0.2, 0.25) is 0 Å². The van der Waals surface area contributed by atoms with Crippen molar-refractivity contribution in [3.8, 4) is 0 Å². The molecule has 7 heteroatoms. The highest BCUT2D eigenvalue weighted by molar-refractivity contribution is 8.25. The van der Waals surface area contributed by atoms with E-state index in [-0.39, 0.29) is 0 Å². The first kappa shape index (κ1) is 33.6. The summed E-state index contributed by atoms with van der Waals surface area (Å²) in [7, 11) is 0. The van der Waals surface area contributed by atoms with Crippen LogP contribution in [0.4, 0.5) is 0 Å². The lowest BCUT2D eigenvalue weighted by molar-refractivity contribution is 1.32. The average molecular weight is 790 g/mol. The third-order valence-corrected chi connectivity index (χ3v) is 20.9. The zero-order valence-corrected chi connectivity index (χ0v) is 33.5. The first-order valence-corrected chi connectivity index (χ1v) is 24.3. The van der Waals surface area contributed by atoms with E-state index in [0.717, 1.165) is 54.6 Å². The number of rotatable bonds is 6. The van der Waals surface area contributed by atoms with Gasteiger partial charge in [0.1, 0.15) is 5.65 Å². The number of aromatic nitrogens is 3. The van der Waals surface area contributed by atoms with Crippen molar-refractivity contribution >= 4 is 123 Å². The minimum absolute atomic E-state index is 0.917. The molecule has 0 bridgehead atoms. The second-order valence-electron chi connectivity index (χ2n) is 14.2. The Kier molecular flexibility index (Phi) is 7.78. The number of nitrogens with zero attached hydrogens (tertiary/aromatic N) is 3. The van der Waals surface area contributed by atoms with Gasteiger partial charge in [-0.05, 0) is 47.0 Å². The van der Waals surface area contributed by atoms with Gasteiger partial charge in [-0.1, -0.05) is 187 Å². The van der Waals surface area contributed by atoms with Gasteiger partial charge in [-0.3, -0.25) is 4.40 Å². The molecule has 3 aromatic heterocycles. The Bertz CT molecular complexity index is 3330. The van der Waals surface area contributed by atoms with E-state index in [2.05, 4.69) is 209 Å². The number of pyridine rings is 1. The van der Waals surface area contributed by atoms with Crippen LogP contribution in [-0.2, 0) is 23.6 Å². The summed E-state index contributed by atoms with van der Waals surface area (Å²) >= 11 is 14.1. The van der Waals surface area contributed by atoms with E-state index in [9.17, 15) is 0 Å². The normalized spacial score (nSPS) is 13.3. The summed E-state index contributed by atoms with van der Waals surface area (Å²) in [4.78, 5) is 5.54. The summed E-state index contributed by atoms with van der Waals surface area (Å²) < 4.78 is 4.79. The smallest absolute Gasteiger partial charge is 0.146 e. The summed E-state index contributed by atoms with van der Waals surface area (Å²) in [5.74, 6) is 0. The lowest BCUT2D eigenvalue weighted by Crippen LogP contribution is -2.25. The van der Waals surface area contributed by atoms with Crippen LogP contribution in [0.1, 0.15) is 0 Å². The minimum Gasteiger partial charge on any atom is -0.304 e. The van der Waals surface area contributed by atoms with Crippen LogP contribution < -0.4 is 26.5 Å². The summed E-state index contributed by atoms with van der Waals surface area (Å²) in [6.07, 6.45) is -2.67. The van der Waals surface area contributed by atoms with Gasteiger partial charge in [-0.2, -0.15) is 0 Å². The molecule has 56 heavy (non-hydrogen) atoms. The number of para-hydroxylation sites is 3. The number of hydrogen-bond donors (Lipinski definition) is 0. The molecular formula is C49H33N3P2S2. The Balaban J connectivity index is 1.23. The zero-order chi connectivity index (χ0) is 37.4. The zero-order valence-electron chi connectivity index (χ0n) is 30.1. The Morgan fingerprint density at radius 1 is 0.393 bits per heavy atom. The predicted octanol–water partition coefficient (Wildman–Crippen LogP) is 10.6. The maximum atomic E-state index is 7.09. The molecule has 1 atom stereocenters. The monoisotopic (exact) mass is 789 g/mol. The van der Waals surface area contributed by atoms with Crippen molar-refractivity contribution in [2.24, 2.45) is 0 Å². The molecule has 11 aromatic rings. The standard InChI is InChI=1S/C49H33N3P2S2/c55-53(34-17-4-1-5-18-34,35-19-6-2-7-20-35)47-30-16-26-41-48(47)40-25-12-13-27-43(40)51-46-32-31-37(33-42(46)50-49(41)51)54(56,36-21-8-3-9-22-36)52-44-28-14-10-23-38(44)39-24-11-15-29-45(39)52/h1-33H. The molecule has 1 unspecified atom stereocenters. The van der Waals surface area contributed by atoms with Crippen LogP contribution in [-0.4, -0.2) is 13.7 Å². The highest BCUT2D eigenvalue weighted by Gasteiger charge is 2.31. The van der Waals surface area contributed by atoms with E-state index in [1.54, 1.807) is 0 Å². The van der Waals surface area contributed by atoms with Crippen LogP contribution in [0.15, 0.2) is 200 Å². The first-order chi connectivity index (χ1) is 27.6. The van der Waals surface area contributed by atoms with E-state index < -0.39 is 12.2 Å². The van der Waals surface area contributed by atoms with Gasteiger partial charge >= 0.3 is 0 Å². The summed E-state index contributed by atoms with van der Waals surface area (Å²) in [6.45, 7) is 0. The molecule has 11 rings (SSSR count). The van der Waals surface area contributed by atoms with Gasteiger partial charge in [0.25, 0.3) is 0 Å². The quantitative estimate of drug-likeness (QED) is 0.124. The fourth-order valence-corrected chi connectivity index (χ4v) is 16.9. The molecule has 0 spiro atoms. The molecule has 0 N–H and O–H groups in total. The lowest BCUT2D eigenvalue weighted by atomic mass is 10.1. The van der Waals surface area contributed by atoms with Crippen molar-refractivity contribution in [2.75, 3.05) is 0 Å². The first-order valence-electron chi connectivity index (χ1n) is 18.7. The summed E-state index contributed by atoms with van der Waals surface area (Å²) in [5, 5.41) is 11.6. The molecule has 0 amide bonds.